The molecule has 0 unspecified atom stereocenters. The standard InChI is InChI=1S/C18H18F2N4O3/c19-18(20)10-23(11-18)16(26)7-14-9-22(8-13-4-5-21-24(13)14)17(27)12-2-1-3-15(25)6-12/h1-6,14,25H,7-11H2/t14-/m0/s1. The minimum Gasteiger partial charge on any atom is -0.508 e. The van der Waals surface area contributed by atoms with Gasteiger partial charge in [-0.15, -0.1) is 0 Å². The zero-order valence-electron chi connectivity index (χ0n) is 14.4. The molecule has 1 N–H and O–H groups in total. The topological polar surface area (TPSA) is 78.7 Å². The first-order chi connectivity index (χ1) is 12.8. The number of hydrogen-bond acceptors (Lipinski definition) is 4. The molecule has 0 radical (unpaired) electrons. The Hall–Kier alpha value is -2.97. The first kappa shape index (κ1) is 17.4. The lowest BCUT2D eigenvalue weighted by Crippen LogP contribution is -2.59. The van der Waals surface area contributed by atoms with E-state index in [9.17, 15) is 23.5 Å². The van der Waals surface area contributed by atoms with Crippen LogP contribution >= 0.6 is 0 Å². The zero-order chi connectivity index (χ0) is 19.2. The van der Waals surface area contributed by atoms with Crippen LogP contribution in [0.4, 0.5) is 8.78 Å². The van der Waals surface area contributed by atoms with E-state index in [1.54, 1.807) is 34.0 Å². The van der Waals surface area contributed by atoms with Crippen LogP contribution < -0.4 is 0 Å². The smallest absolute Gasteiger partial charge is 0.282 e. The number of carbonyl (C=O) groups excluding carboxylic acids is 2. The predicted octanol–water partition coefficient (Wildman–Crippen LogP) is 1.65. The van der Waals surface area contributed by atoms with Crippen LogP contribution in [0.15, 0.2) is 36.5 Å². The highest BCUT2D eigenvalue weighted by atomic mass is 19.3. The molecule has 0 bridgehead atoms. The first-order valence-corrected chi connectivity index (χ1v) is 8.59. The molecule has 3 heterocycles. The van der Waals surface area contributed by atoms with Gasteiger partial charge in [0.15, 0.2) is 0 Å². The molecule has 9 heteroatoms. The summed E-state index contributed by atoms with van der Waals surface area (Å²) in [5.74, 6) is -3.46. The maximum absolute atomic E-state index is 13.0. The third-order valence-electron chi connectivity index (χ3n) is 4.87. The fraction of sp³-hybridized carbons (Fsp3) is 0.389. The minimum absolute atomic E-state index is 0.00538. The number of likely N-dealkylation sites (tertiary alicyclic amines) is 1. The average Bonchev–Trinajstić information content (AvgIpc) is 3.07. The summed E-state index contributed by atoms with van der Waals surface area (Å²) in [6, 6.07) is 7.39. The van der Waals surface area contributed by atoms with Crippen LogP contribution in [0.25, 0.3) is 0 Å². The Morgan fingerprint density at radius 1 is 1.22 bits per heavy atom. The number of alkyl halides is 2. The van der Waals surface area contributed by atoms with Crippen molar-refractivity contribution >= 4 is 11.8 Å². The SMILES string of the molecule is O=C(C[C@H]1CN(C(=O)c2cccc(O)c2)Cc2ccnn21)N1CC(F)(F)C1. The number of aromatic nitrogens is 2. The molecule has 2 aliphatic heterocycles. The van der Waals surface area contributed by atoms with Gasteiger partial charge in [-0.3, -0.25) is 14.3 Å². The van der Waals surface area contributed by atoms with Crippen LogP contribution in [-0.4, -0.2) is 62.1 Å². The number of halogens is 2. The van der Waals surface area contributed by atoms with Crippen LogP contribution in [-0.2, 0) is 11.3 Å². The highest BCUT2D eigenvalue weighted by molar-refractivity contribution is 5.94. The second-order valence-corrected chi connectivity index (χ2v) is 6.97. The van der Waals surface area contributed by atoms with Crippen molar-refractivity contribution in [1.29, 1.82) is 0 Å². The van der Waals surface area contributed by atoms with Crippen molar-refractivity contribution in [3.05, 3.63) is 47.8 Å². The molecule has 1 saturated heterocycles. The number of fused-ring (bicyclic) bond motifs is 1. The normalized spacial score (nSPS) is 20.7. The van der Waals surface area contributed by atoms with Crippen molar-refractivity contribution in [3.63, 3.8) is 0 Å². The van der Waals surface area contributed by atoms with Gasteiger partial charge in [0.2, 0.25) is 5.91 Å². The quantitative estimate of drug-likeness (QED) is 0.884. The number of nitrogens with zero attached hydrogens (tertiary/aromatic N) is 4. The van der Waals surface area contributed by atoms with Crippen molar-refractivity contribution in [3.8, 4) is 5.75 Å². The lowest BCUT2D eigenvalue weighted by atomic mass is 10.0. The first-order valence-electron chi connectivity index (χ1n) is 8.59. The third-order valence-corrected chi connectivity index (χ3v) is 4.87. The third kappa shape index (κ3) is 3.36. The van der Waals surface area contributed by atoms with Crippen molar-refractivity contribution in [2.45, 2.75) is 24.9 Å². The number of aromatic hydroxyl groups is 1. The number of hydrogen-bond donors (Lipinski definition) is 1. The highest BCUT2D eigenvalue weighted by Crippen LogP contribution is 2.30. The minimum atomic E-state index is -2.81. The predicted molar refractivity (Wildman–Crippen MR) is 90.3 cm³/mol. The second kappa shape index (κ2) is 6.33. The van der Waals surface area contributed by atoms with E-state index in [1.807, 2.05) is 0 Å². The molecule has 2 amide bonds. The summed E-state index contributed by atoms with van der Waals surface area (Å²) in [5.41, 5.74) is 1.11. The molecule has 2 aliphatic rings. The lowest BCUT2D eigenvalue weighted by molar-refractivity contribution is -0.166. The lowest BCUT2D eigenvalue weighted by Gasteiger charge is -2.40. The van der Waals surface area contributed by atoms with Gasteiger partial charge in [-0.2, -0.15) is 5.10 Å². The molecule has 0 spiro atoms. The van der Waals surface area contributed by atoms with Gasteiger partial charge in [-0.05, 0) is 24.3 Å². The molecule has 1 fully saturated rings. The van der Waals surface area contributed by atoms with Gasteiger partial charge in [0, 0.05) is 18.3 Å². The number of phenolic OH excluding ortho intramolecular Hbond substituents is 1. The zero-order valence-corrected chi connectivity index (χ0v) is 14.4. The van der Waals surface area contributed by atoms with E-state index in [0.717, 1.165) is 10.6 Å². The molecular weight excluding hydrogens is 358 g/mol. The van der Waals surface area contributed by atoms with Gasteiger partial charge in [0.05, 0.1) is 37.8 Å². The van der Waals surface area contributed by atoms with E-state index in [2.05, 4.69) is 5.10 Å². The molecule has 7 nitrogen and oxygen atoms in total. The molecule has 142 valence electrons. The largest absolute Gasteiger partial charge is 0.508 e. The van der Waals surface area contributed by atoms with Gasteiger partial charge >= 0.3 is 0 Å². The summed E-state index contributed by atoms with van der Waals surface area (Å²) in [4.78, 5) is 27.8. The fourth-order valence-electron chi connectivity index (χ4n) is 3.53. The van der Waals surface area contributed by atoms with Crippen molar-refractivity contribution < 1.29 is 23.5 Å². The van der Waals surface area contributed by atoms with E-state index in [1.165, 1.54) is 12.1 Å². The van der Waals surface area contributed by atoms with Crippen LogP contribution in [0, 0.1) is 0 Å². The van der Waals surface area contributed by atoms with E-state index >= 15 is 0 Å². The van der Waals surface area contributed by atoms with Crippen LogP contribution in [0.2, 0.25) is 0 Å². The molecule has 0 saturated carbocycles. The number of phenols is 1. The molecular formula is C18H18F2N4O3. The molecule has 2 aromatic rings. The summed E-state index contributed by atoms with van der Waals surface area (Å²) in [5, 5.41) is 13.8. The molecule has 4 rings (SSSR count). The molecule has 0 aliphatic carbocycles. The monoisotopic (exact) mass is 376 g/mol. The Kier molecular flexibility index (Phi) is 4.09. The molecule has 27 heavy (non-hydrogen) atoms. The summed E-state index contributed by atoms with van der Waals surface area (Å²) in [7, 11) is 0. The van der Waals surface area contributed by atoms with Crippen LogP contribution in [0.5, 0.6) is 5.75 Å². The maximum atomic E-state index is 13.0. The average molecular weight is 376 g/mol. The Morgan fingerprint density at radius 2 is 2.00 bits per heavy atom. The van der Waals surface area contributed by atoms with Crippen LogP contribution in [0.1, 0.15) is 28.5 Å². The fourth-order valence-corrected chi connectivity index (χ4v) is 3.53. The van der Waals surface area contributed by atoms with E-state index in [4.69, 9.17) is 0 Å². The Labute approximate surface area is 153 Å². The Balaban J connectivity index is 1.51. The maximum Gasteiger partial charge on any atom is 0.282 e. The summed E-state index contributed by atoms with van der Waals surface area (Å²) in [6.07, 6.45) is 1.58. The van der Waals surface area contributed by atoms with Gasteiger partial charge in [-0.25, -0.2) is 8.78 Å². The van der Waals surface area contributed by atoms with Gasteiger partial charge in [0.25, 0.3) is 11.8 Å². The number of carbonyl (C=O) groups is 2. The van der Waals surface area contributed by atoms with Gasteiger partial charge in [0.1, 0.15) is 5.75 Å². The van der Waals surface area contributed by atoms with Crippen LogP contribution in [0.3, 0.4) is 0 Å². The Morgan fingerprint density at radius 3 is 2.70 bits per heavy atom. The highest BCUT2D eigenvalue weighted by Gasteiger charge is 2.46. The number of benzene rings is 1. The van der Waals surface area contributed by atoms with E-state index in [0.29, 0.717) is 12.1 Å². The van der Waals surface area contributed by atoms with E-state index < -0.39 is 25.1 Å². The molecule has 1 aromatic heterocycles. The Bertz CT molecular complexity index is 890. The van der Waals surface area contributed by atoms with Gasteiger partial charge in [-0.1, -0.05) is 6.07 Å². The van der Waals surface area contributed by atoms with Gasteiger partial charge < -0.3 is 14.9 Å². The van der Waals surface area contributed by atoms with E-state index in [-0.39, 0.29) is 30.5 Å². The summed E-state index contributed by atoms with van der Waals surface area (Å²) < 4.78 is 27.7. The van der Waals surface area contributed by atoms with Crippen molar-refractivity contribution in [2.24, 2.45) is 0 Å². The number of rotatable bonds is 3. The number of amides is 2. The molecule has 1 aromatic carbocycles. The summed E-state index contributed by atoms with van der Waals surface area (Å²) in [6.45, 7) is -0.562. The van der Waals surface area contributed by atoms with Crippen molar-refractivity contribution in [1.82, 2.24) is 19.6 Å². The second-order valence-electron chi connectivity index (χ2n) is 6.97. The summed E-state index contributed by atoms with van der Waals surface area (Å²) >= 11 is 0. The van der Waals surface area contributed by atoms with Crippen molar-refractivity contribution in [2.75, 3.05) is 19.6 Å². The molecule has 1 atom stereocenters.